The summed E-state index contributed by atoms with van der Waals surface area (Å²) in [4.78, 5) is 21.1. The third-order valence-corrected chi connectivity index (χ3v) is 5.27. The molecule has 0 bridgehead atoms. The summed E-state index contributed by atoms with van der Waals surface area (Å²) in [6.45, 7) is 8.78. The molecule has 0 atom stereocenters. The molecule has 1 aliphatic heterocycles. The van der Waals surface area contributed by atoms with Crippen molar-refractivity contribution in [2.45, 2.75) is 6.54 Å². The van der Waals surface area contributed by atoms with E-state index >= 15 is 0 Å². The highest BCUT2D eigenvalue weighted by atomic mass is 35.5. The molecule has 0 N–H and O–H groups in total. The molecule has 4 rings (SSSR count). The lowest BCUT2D eigenvalue weighted by Crippen LogP contribution is -2.49. The molecule has 1 saturated heterocycles. The third kappa shape index (κ3) is 3.49. The summed E-state index contributed by atoms with van der Waals surface area (Å²) in [5.74, 6) is 0.650. The molecule has 0 aliphatic carbocycles. The first-order chi connectivity index (χ1) is 13.6. The van der Waals surface area contributed by atoms with Crippen molar-refractivity contribution >= 4 is 34.2 Å². The lowest BCUT2D eigenvalue weighted by atomic mass is 10.2. The van der Waals surface area contributed by atoms with Crippen LogP contribution < -0.4 is 9.64 Å². The molecule has 3 aromatic rings. The number of piperazine rings is 1. The van der Waals surface area contributed by atoms with Crippen LogP contribution in [0.4, 0.5) is 5.69 Å². The van der Waals surface area contributed by atoms with E-state index in [0.717, 1.165) is 24.2 Å². The number of fused-ring (bicyclic) bond motifs is 1. The Balaban J connectivity index is 1.41. The van der Waals surface area contributed by atoms with Gasteiger partial charge in [-0.2, -0.15) is 5.10 Å². The number of anilines is 1. The second-order valence-corrected chi connectivity index (χ2v) is 7.01. The van der Waals surface area contributed by atoms with E-state index in [1.54, 1.807) is 24.1 Å². The summed E-state index contributed by atoms with van der Waals surface area (Å²) >= 11 is 6.10. The van der Waals surface area contributed by atoms with Crippen LogP contribution in [-0.4, -0.2) is 58.9 Å². The first-order valence-electron chi connectivity index (χ1n) is 9.00. The molecule has 1 aromatic carbocycles. The maximum Gasteiger partial charge on any atom is 0.244 e. The number of rotatable bonds is 4. The topological polar surface area (TPSA) is 63.5 Å². The number of carbonyl (C=O) groups is 1. The lowest BCUT2D eigenvalue weighted by molar-refractivity contribution is -0.132. The summed E-state index contributed by atoms with van der Waals surface area (Å²) in [6.07, 6.45) is 1.67. The number of halogens is 1. The van der Waals surface area contributed by atoms with E-state index in [4.69, 9.17) is 23.3 Å². The van der Waals surface area contributed by atoms with Gasteiger partial charge in [0.2, 0.25) is 5.91 Å². The van der Waals surface area contributed by atoms with Crippen molar-refractivity contribution in [3.63, 3.8) is 0 Å². The molecule has 2 aromatic heterocycles. The molecule has 1 aliphatic rings. The van der Waals surface area contributed by atoms with Crippen molar-refractivity contribution in [3.8, 4) is 5.75 Å². The van der Waals surface area contributed by atoms with E-state index < -0.39 is 0 Å². The van der Waals surface area contributed by atoms with E-state index in [2.05, 4.69) is 15.0 Å². The summed E-state index contributed by atoms with van der Waals surface area (Å²) in [5.41, 5.74) is 2.04. The van der Waals surface area contributed by atoms with Gasteiger partial charge in [-0.1, -0.05) is 11.6 Å². The molecule has 1 fully saturated rings. The average Bonchev–Trinajstić information content (AvgIpc) is 3.04. The average molecular weight is 398 g/mol. The Labute approximate surface area is 168 Å². The van der Waals surface area contributed by atoms with Crippen LogP contribution in [0.25, 0.3) is 11.0 Å². The van der Waals surface area contributed by atoms with E-state index in [9.17, 15) is 4.79 Å². The normalized spacial score (nSPS) is 14.5. The van der Waals surface area contributed by atoms with E-state index in [1.165, 1.54) is 0 Å². The Morgan fingerprint density at radius 3 is 2.79 bits per heavy atom. The van der Waals surface area contributed by atoms with Gasteiger partial charge in [0.1, 0.15) is 12.3 Å². The molecule has 0 spiro atoms. The van der Waals surface area contributed by atoms with Gasteiger partial charge >= 0.3 is 0 Å². The predicted octanol–water partition coefficient (Wildman–Crippen LogP) is 2.50. The Morgan fingerprint density at radius 1 is 1.25 bits per heavy atom. The van der Waals surface area contributed by atoms with Gasteiger partial charge in [-0.05, 0) is 24.3 Å². The van der Waals surface area contributed by atoms with E-state index in [-0.39, 0.29) is 12.5 Å². The Morgan fingerprint density at radius 2 is 2.04 bits per heavy atom. The molecule has 0 saturated carbocycles. The molecule has 2 radical (unpaired) electrons. The molecular weight excluding hydrogens is 378 g/mol. The van der Waals surface area contributed by atoms with Crippen LogP contribution in [0.1, 0.15) is 5.69 Å². The van der Waals surface area contributed by atoms with Gasteiger partial charge < -0.3 is 14.5 Å². The molecule has 3 heterocycles. The second kappa shape index (κ2) is 7.67. The van der Waals surface area contributed by atoms with Crippen molar-refractivity contribution < 1.29 is 9.53 Å². The number of benzene rings is 1. The Kier molecular flexibility index (Phi) is 5.09. The Bertz CT molecular complexity index is 1010. The first-order valence-corrected chi connectivity index (χ1v) is 9.38. The quantitative estimate of drug-likeness (QED) is 0.676. The minimum Gasteiger partial charge on any atom is -0.495 e. The number of hydrogen-bond acceptors (Lipinski definition) is 5. The zero-order chi connectivity index (χ0) is 19.7. The Hall–Kier alpha value is -2.80. The number of carbonyl (C=O) groups excluding carboxylic acids is 1. The van der Waals surface area contributed by atoms with Crippen LogP contribution in [0.3, 0.4) is 0 Å². The number of hydrogen-bond donors (Lipinski definition) is 0. The van der Waals surface area contributed by atoms with Crippen molar-refractivity contribution in [1.82, 2.24) is 19.7 Å². The van der Waals surface area contributed by atoms with Gasteiger partial charge in [0, 0.05) is 56.4 Å². The maximum atomic E-state index is 12.7. The minimum absolute atomic E-state index is 0.00314. The number of methoxy groups -OCH3 is 1. The molecule has 28 heavy (non-hydrogen) atoms. The predicted molar refractivity (Wildman–Crippen MR) is 108 cm³/mol. The van der Waals surface area contributed by atoms with Crippen LogP contribution in [0.2, 0.25) is 5.02 Å². The van der Waals surface area contributed by atoms with E-state index in [1.807, 2.05) is 29.2 Å². The largest absolute Gasteiger partial charge is 0.495 e. The van der Waals surface area contributed by atoms with Gasteiger partial charge in [0.15, 0.2) is 5.65 Å². The van der Waals surface area contributed by atoms with Crippen LogP contribution in [0.15, 0.2) is 36.5 Å². The number of aromatic nitrogens is 3. The van der Waals surface area contributed by atoms with E-state index in [0.29, 0.717) is 35.2 Å². The van der Waals surface area contributed by atoms with Gasteiger partial charge in [-0.25, -0.2) is 9.67 Å². The second-order valence-electron chi connectivity index (χ2n) is 6.60. The summed E-state index contributed by atoms with van der Waals surface area (Å²) in [6, 6.07) is 9.37. The maximum absolute atomic E-state index is 12.7. The van der Waals surface area contributed by atoms with Crippen molar-refractivity contribution in [1.29, 1.82) is 0 Å². The summed E-state index contributed by atoms with van der Waals surface area (Å²) < 4.78 is 6.86. The molecule has 144 valence electrons. The standard InChI is InChI=1S/C20H20ClN5O2/c1-14-16-4-3-7-22-20(16)26(23-14)13-19(27)25-10-8-24(9-11-25)15-5-6-17(21)18(12-15)28-2/h1,3-7,12H,8-11,13H2,2H3. The first kappa shape index (κ1) is 18.6. The van der Waals surface area contributed by atoms with Gasteiger partial charge in [0.05, 0.1) is 17.8 Å². The lowest BCUT2D eigenvalue weighted by Gasteiger charge is -2.36. The fraction of sp³-hybridized carbons (Fsp3) is 0.300. The van der Waals surface area contributed by atoms with Gasteiger partial charge in [0.25, 0.3) is 0 Å². The number of pyridine rings is 1. The highest BCUT2D eigenvalue weighted by Crippen LogP contribution is 2.29. The molecule has 0 unspecified atom stereocenters. The highest BCUT2D eigenvalue weighted by molar-refractivity contribution is 6.32. The molecule has 8 heteroatoms. The van der Waals surface area contributed by atoms with Crippen LogP contribution in [-0.2, 0) is 11.3 Å². The smallest absolute Gasteiger partial charge is 0.244 e. The minimum atomic E-state index is 0.00314. The van der Waals surface area contributed by atoms with Crippen LogP contribution in [0, 0.1) is 6.92 Å². The van der Waals surface area contributed by atoms with Gasteiger partial charge in [-0.15, -0.1) is 0 Å². The summed E-state index contributed by atoms with van der Waals surface area (Å²) in [5, 5.41) is 5.61. The molecule has 1 amide bonds. The molecular formula is C20H20ClN5O2. The van der Waals surface area contributed by atoms with Gasteiger partial charge in [-0.3, -0.25) is 4.79 Å². The van der Waals surface area contributed by atoms with Crippen molar-refractivity contribution in [3.05, 3.63) is 54.2 Å². The zero-order valence-corrected chi connectivity index (χ0v) is 16.3. The fourth-order valence-electron chi connectivity index (χ4n) is 3.43. The zero-order valence-electron chi connectivity index (χ0n) is 15.5. The third-order valence-electron chi connectivity index (χ3n) is 4.95. The number of ether oxygens (including phenoxy) is 1. The van der Waals surface area contributed by atoms with Crippen LogP contribution in [0.5, 0.6) is 5.75 Å². The summed E-state index contributed by atoms with van der Waals surface area (Å²) in [7, 11) is 1.60. The number of nitrogens with zero attached hydrogens (tertiary/aromatic N) is 5. The highest BCUT2D eigenvalue weighted by Gasteiger charge is 2.23. The fourth-order valence-corrected chi connectivity index (χ4v) is 3.63. The van der Waals surface area contributed by atoms with Crippen molar-refractivity contribution in [2.75, 3.05) is 38.2 Å². The van der Waals surface area contributed by atoms with Crippen molar-refractivity contribution in [2.24, 2.45) is 0 Å². The number of amides is 1. The SMILES string of the molecule is [CH]c1nn(CC(=O)N2CCN(c3ccc(Cl)c(OC)c3)CC2)c2ncccc12. The monoisotopic (exact) mass is 397 g/mol. The molecule has 7 nitrogen and oxygen atoms in total. The van der Waals surface area contributed by atoms with Crippen LogP contribution >= 0.6 is 11.6 Å².